The lowest BCUT2D eigenvalue weighted by atomic mass is 9.48. The van der Waals surface area contributed by atoms with Crippen molar-refractivity contribution < 1.29 is 24.5 Å². The maximum absolute atomic E-state index is 12.3. The standard InChI is InChI=1S/C13H22N2O5/c1-12(2)9-7(4-6-20-9)13(12,14)11(19)15-5-3-8(16)10(17)18/h7-9,16H,3-6,14H2,1-2H3,(H,15,19)(H,17,18). The molecule has 0 bridgehead atoms. The predicted molar refractivity (Wildman–Crippen MR) is 69.8 cm³/mol. The zero-order valence-electron chi connectivity index (χ0n) is 11.8. The minimum atomic E-state index is -1.47. The lowest BCUT2D eigenvalue weighted by molar-refractivity contribution is -0.175. The van der Waals surface area contributed by atoms with Gasteiger partial charge in [-0.3, -0.25) is 4.79 Å². The minimum Gasteiger partial charge on any atom is -0.479 e. The highest BCUT2D eigenvalue weighted by Crippen LogP contribution is 2.58. The molecule has 0 aromatic heterocycles. The lowest BCUT2D eigenvalue weighted by Crippen LogP contribution is -2.80. The van der Waals surface area contributed by atoms with Crippen LogP contribution in [0.15, 0.2) is 0 Å². The van der Waals surface area contributed by atoms with Crippen LogP contribution in [0.5, 0.6) is 0 Å². The van der Waals surface area contributed by atoms with Crippen LogP contribution < -0.4 is 11.1 Å². The van der Waals surface area contributed by atoms with Gasteiger partial charge < -0.3 is 26.0 Å². The van der Waals surface area contributed by atoms with Crippen molar-refractivity contribution in [3.05, 3.63) is 0 Å². The van der Waals surface area contributed by atoms with E-state index in [-0.39, 0.29) is 30.9 Å². The third-order valence-electron chi connectivity index (χ3n) is 4.82. The molecule has 1 saturated heterocycles. The number of carboxylic acid groups (broad SMARTS) is 1. The SMILES string of the molecule is CC1(C)C2OCCC2C1(N)C(=O)NCCC(O)C(=O)O. The van der Waals surface area contributed by atoms with Gasteiger partial charge >= 0.3 is 5.97 Å². The third kappa shape index (κ3) is 2.01. The smallest absolute Gasteiger partial charge is 0.332 e. The lowest BCUT2D eigenvalue weighted by Gasteiger charge is -2.60. The van der Waals surface area contributed by atoms with E-state index < -0.39 is 23.0 Å². The Labute approximate surface area is 117 Å². The van der Waals surface area contributed by atoms with E-state index in [2.05, 4.69) is 5.32 Å². The summed E-state index contributed by atoms with van der Waals surface area (Å²) in [6.45, 7) is 4.51. The summed E-state index contributed by atoms with van der Waals surface area (Å²) >= 11 is 0. The fourth-order valence-corrected chi connectivity index (χ4v) is 3.44. The maximum Gasteiger partial charge on any atom is 0.332 e. The van der Waals surface area contributed by atoms with Crippen LogP contribution in [0.4, 0.5) is 0 Å². The Balaban J connectivity index is 1.93. The first-order chi connectivity index (χ1) is 9.23. The van der Waals surface area contributed by atoms with E-state index in [0.29, 0.717) is 6.61 Å². The fourth-order valence-electron chi connectivity index (χ4n) is 3.44. The number of ether oxygens (including phenoxy) is 1. The van der Waals surface area contributed by atoms with E-state index in [0.717, 1.165) is 6.42 Å². The number of carbonyl (C=O) groups is 2. The van der Waals surface area contributed by atoms with E-state index in [1.165, 1.54) is 0 Å². The largest absolute Gasteiger partial charge is 0.479 e. The molecule has 5 N–H and O–H groups in total. The molecule has 1 aliphatic heterocycles. The number of hydrogen-bond acceptors (Lipinski definition) is 5. The molecule has 2 rings (SSSR count). The number of fused-ring (bicyclic) bond motifs is 1. The molecule has 7 nitrogen and oxygen atoms in total. The van der Waals surface area contributed by atoms with Crippen molar-refractivity contribution in [2.75, 3.05) is 13.2 Å². The molecule has 0 spiro atoms. The van der Waals surface area contributed by atoms with Gasteiger partial charge in [-0.25, -0.2) is 4.79 Å². The van der Waals surface area contributed by atoms with Crippen molar-refractivity contribution in [2.45, 2.75) is 44.4 Å². The Morgan fingerprint density at radius 3 is 2.75 bits per heavy atom. The number of nitrogens with one attached hydrogen (secondary N) is 1. The summed E-state index contributed by atoms with van der Waals surface area (Å²) in [5.41, 5.74) is 4.86. The van der Waals surface area contributed by atoms with Crippen molar-refractivity contribution in [3.63, 3.8) is 0 Å². The summed E-state index contributed by atoms with van der Waals surface area (Å²) in [5, 5.41) is 20.4. The number of aliphatic hydroxyl groups is 1. The number of rotatable bonds is 5. The van der Waals surface area contributed by atoms with Gasteiger partial charge in [0.05, 0.1) is 6.10 Å². The van der Waals surface area contributed by atoms with E-state index in [4.69, 9.17) is 20.7 Å². The highest BCUT2D eigenvalue weighted by Gasteiger charge is 2.71. The molecule has 4 unspecified atom stereocenters. The first-order valence-electron chi connectivity index (χ1n) is 6.82. The molecule has 4 atom stereocenters. The van der Waals surface area contributed by atoms with E-state index >= 15 is 0 Å². The molecule has 20 heavy (non-hydrogen) atoms. The summed E-state index contributed by atoms with van der Waals surface area (Å²) in [5.74, 6) is -1.59. The number of aliphatic hydroxyl groups excluding tert-OH is 1. The molecule has 1 aliphatic carbocycles. The monoisotopic (exact) mass is 286 g/mol. The molecule has 114 valence electrons. The molecule has 2 fully saturated rings. The predicted octanol–water partition coefficient (Wildman–Crippen LogP) is -0.919. The van der Waals surface area contributed by atoms with Crippen LogP contribution in [0.25, 0.3) is 0 Å². The summed E-state index contributed by atoms with van der Waals surface area (Å²) in [6, 6.07) is 0. The fraction of sp³-hybridized carbons (Fsp3) is 0.846. The van der Waals surface area contributed by atoms with Gasteiger partial charge in [-0.2, -0.15) is 0 Å². The van der Waals surface area contributed by atoms with Gasteiger partial charge in [-0.15, -0.1) is 0 Å². The Morgan fingerprint density at radius 1 is 1.50 bits per heavy atom. The van der Waals surface area contributed by atoms with Crippen molar-refractivity contribution >= 4 is 11.9 Å². The first kappa shape index (κ1) is 15.2. The number of carbonyl (C=O) groups excluding carboxylic acids is 1. The van der Waals surface area contributed by atoms with Gasteiger partial charge in [0.25, 0.3) is 0 Å². The van der Waals surface area contributed by atoms with Crippen LogP contribution in [0, 0.1) is 11.3 Å². The molecule has 0 aromatic rings. The van der Waals surface area contributed by atoms with Gasteiger partial charge in [-0.05, 0) is 6.42 Å². The number of amides is 1. The molecule has 0 aromatic carbocycles. The highest BCUT2D eigenvalue weighted by atomic mass is 16.5. The van der Waals surface area contributed by atoms with Crippen molar-refractivity contribution in [3.8, 4) is 0 Å². The Kier molecular flexibility index (Phi) is 3.79. The third-order valence-corrected chi connectivity index (χ3v) is 4.82. The van der Waals surface area contributed by atoms with E-state index in [9.17, 15) is 9.59 Å². The Morgan fingerprint density at radius 2 is 2.15 bits per heavy atom. The summed E-state index contributed by atoms with van der Waals surface area (Å²) < 4.78 is 5.61. The van der Waals surface area contributed by atoms with Crippen molar-refractivity contribution in [2.24, 2.45) is 17.1 Å². The number of aliphatic carboxylic acids is 1. The van der Waals surface area contributed by atoms with Crippen LogP contribution in [0.2, 0.25) is 0 Å². The van der Waals surface area contributed by atoms with E-state index in [1.807, 2.05) is 13.8 Å². The summed E-state index contributed by atoms with van der Waals surface area (Å²) in [4.78, 5) is 22.8. The molecule has 2 aliphatic rings. The maximum atomic E-state index is 12.3. The number of nitrogens with two attached hydrogens (primary N) is 1. The van der Waals surface area contributed by atoms with Gasteiger partial charge in [0, 0.05) is 30.9 Å². The second-order valence-corrected chi connectivity index (χ2v) is 6.18. The number of carboxylic acids is 1. The van der Waals surface area contributed by atoms with Crippen molar-refractivity contribution in [1.82, 2.24) is 5.32 Å². The zero-order valence-corrected chi connectivity index (χ0v) is 11.8. The molecule has 1 amide bonds. The molecular formula is C13H22N2O5. The topological polar surface area (TPSA) is 122 Å². The van der Waals surface area contributed by atoms with Crippen LogP contribution >= 0.6 is 0 Å². The van der Waals surface area contributed by atoms with Crippen LogP contribution in [0.3, 0.4) is 0 Å². The zero-order chi connectivity index (χ0) is 15.1. The van der Waals surface area contributed by atoms with E-state index in [1.54, 1.807) is 0 Å². The highest BCUT2D eigenvalue weighted by molar-refractivity contribution is 5.89. The quantitative estimate of drug-likeness (QED) is 0.518. The molecule has 1 saturated carbocycles. The second-order valence-electron chi connectivity index (χ2n) is 6.18. The van der Waals surface area contributed by atoms with Crippen LogP contribution in [-0.4, -0.2) is 53.0 Å². The Bertz CT molecular complexity index is 425. The summed E-state index contributed by atoms with van der Waals surface area (Å²) in [6.07, 6.45) is -0.748. The molecule has 0 radical (unpaired) electrons. The normalized spacial score (nSPS) is 35.8. The van der Waals surface area contributed by atoms with Crippen LogP contribution in [0.1, 0.15) is 26.7 Å². The summed E-state index contributed by atoms with van der Waals surface area (Å²) in [7, 11) is 0. The Hall–Kier alpha value is -1.18. The first-order valence-corrected chi connectivity index (χ1v) is 6.82. The number of hydrogen-bond donors (Lipinski definition) is 4. The average molecular weight is 286 g/mol. The minimum absolute atomic E-state index is 0.00176. The molecule has 7 heteroatoms. The van der Waals surface area contributed by atoms with Gasteiger partial charge in [0.1, 0.15) is 5.54 Å². The molecule has 1 heterocycles. The van der Waals surface area contributed by atoms with Gasteiger partial charge in [0.15, 0.2) is 6.10 Å². The molecular weight excluding hydrogens is 264 g/mol. The van der Waals surface area contributed by atoms with Gasteiger partial charge in [-0.1, -0.05) is 13.8 Å². The van der Waals surface area contributed by atoms with Crippen molar-refractivity contribution in [1.29, 1.82) is 0 Å². The average Bonchev–Trinajstić information content (AvgIpc) is 2.85. The van der Waals surface area contributed by atoms with Gasteiger partial charge in [0.2, 0.25) is 5.91 Å². The second kappa shape index (κ2) is 4.98. The van der Waals surface area contributed by atoms with Crippen LogP contribution in [-0.2, 0) is 14.3 Å².